The topological polar surface area (TPSA) is 29.1 Å². The molecule has 2 heteroatoms. The lowest BCUT2D eigenvalue weighted by Crippen LogP contribution is -2.15. The van der Waals surface area contributed by atoms with Gasteiger partial charge >= 0.3 is 0 Å². The van der Waals surface area contributed by atoms with Crippen molar-refractivity contribution < 1.29 is 4.79 Å². The first-order valence-corrected chi connectivity index (χ1v) is 4.95. The molecule has 0 atom stereocenters. The summed E-state index contributed by atoms with van der Waals surface area (Å²) < 4.78 is 0. The van der Waals surface area contributed by atoms with Crippen molar-refractivity contribution in [1.29, 1.82) is 0 Å². The highest BCUT2D eigenvalue weighted by molar-refractivity contribution is 5.98. The van der Waals surface area contributed by atoms with E-state index in [1.807, 2.05) is 6.08 Å². The third-order valence-electron chi connectivity index (χ3n) is 2.21. The van der Waals surface area contributed by atoms with Gasteiger partial charge in [0.1, 0.15) is 0 Å². The highest BCUT2D eigenvalue weighted by Gasteiger charge is 2.15. The predicted octanol–water partition coefficient (Wildman–Crippen LogP) is 2.53. The molecule has 0 aromatic heterocycles. The molecule has 0 aromatic carbocycles. The molecule has 0 saturated heterocycles. The van der Waals surface area contributed by atoms with Crippen molar-refractivity contribution in [1.82, 2.24) is 5.32 Å². The van der Waals surface area contributed by atoms with Crippen LogP contribution in [-0.4, -0.2) is 5.91 Å². The normalized spacial score (nSPS) is 15.9. The molecule has 1 aliphatic heterocycles. The van der Waals surface area contributed by atoms with Gasteiger partial charge in [-0.15, -0.1) is 0 Å². The summed E-state index contributed by atoms with van der Waals surface area (Å²) in [6.45, 7) is 5.87. The van der Waals surface area contributed by atoms with Crippen LogP contribution >= 0.6 is 0 Å². The first-order valence-electron chi connectivity index (χ1n) is 4.95. The fraction of sp³-hybridized carbons (Fsp3) is 0.545. The minimum Gasteiger partial charge on any atom is -0.323 e. The molecule has 13 heavy (non-hydrogen) atoms. The highest BCUT2D eigenvalue weighted by atomic mass is 16.1. The Balaban J connectivity index is 2.25. The highest BCUT2D eigenvalue weighted by Crippen LogP contribution is 2.16. The minimum absolute atomic E-state index is 0.0431. The van der Waals surface area contributed by atoms with Gasteiger partial charge in [-0.1, -0.05) is 32.8 Å². The van der Waals surface area contributed by atoms with E-state index in [1.54, 1.807) is 0 Å². The molecule has 0 saturated carbocycles. The van der Waals surface area contributed by atoms with Crippen LogP contribution in [0.4, 0.5) is 0 Å². The summed E-state index contributed by atoms with van der Waals surface area (Å²) in [6, 6.07) is 0. The van der Waals surface area contributed by atoms with E-state index in [9.17, 15) is 4.79 Å². The Morgan fingerprint density at radius 1 is 1.38 bits per heavy atom. The summed E-state index contributed by atoms with van der Waals surface area (Å²) in [5.74, 6) is 0.0431. The fourth-order valence-electron chi connectivity index (χ4n) is 1.47. The van der Waals surface area contributed by atoms with Crippen LogP contribution < -0.4 is 5.32 Å². The van der Waals surface area contributed by atoms with Crippen molar-refractivity contribution in [2.75, 3.05) is 0 Å². The molecule has 1 aliphatic rings. The van der Waals surface area contributed by atoms with Crippen LogP contribution in [0.5, 0.6) is 0 Å². The van der Waals surface area contributed by atoms with Gasteiger partial charge in [0.2, 0.25) is 0 Å². The maximum absolute atomic E-state index is 11.2. The molecular weight excluding hydrogens is 162 g/mol. The first kappa shape index (κ1) is 10.0. The third kappa shape index (κ3) is 3.05. The van der Waals surface area contributed by atoms with Gasteiger partial charge in [0.05, 0.1) is 0 Å². The molecule has 1 N–H and O–H groups in total. The van der Waals surface area contributed by atoms with Crippen molar-refractivity contribution in [3.8, 4) is 0 Å². The summed E-state index contributed by atoms with van der Waals surface area (Å²) in [5, 5.41) is 2.68. The SMILES string of the molecule is C=C1C=C(CCCCCC)C(=O)N1. The minimum atomic E-state index is 0.0431. The maximum atomic E-state index is 11.2. The van der Waals surface area contributed by atoms with Crippen LogP contribution in [0.15, 0.2) is 23.9 Å². The molecule has 0 aliphatic carbocycles. The van der Waals surface area contributed by atoms with Gasteiger partial charge < -0.3 is 5.32 Å². The van der Waals surface area contributed by atoms with Crippen LogP contribution in [0.25, 0.3) is 0 Å². The summed E-state index contributed by atoms with van der Waals surface area (Å²) in [5.41, 5.74) is 1.62. The van der Waals surface area contributed by atoms with E-state index in [0.717, 1.165) is 24.1 Å². The Labute approximate surface area is 79.7 Å². The summed E-state index contributed by atoms with van der Waals surface area (Å²) in [6.07, 6.45) is 7.57. The molecule has 0 aromatic rings. The average molecular weight is 179 g/mol. The van der Waals surface area contributed by atoms with Gasteiger partial charge in [-0.2, -0.15) is 0 Å². The molecule has 72 valence electrons. The Morgan fingerprint density at radius 3 is 2.69 bits per heavy atom. The second-order valence-electron chi connectivity index (χ2n) is 3.46. The van der Waals surface area contributed by atoms with Crippen LogP contribution in [0.2, 0.25) is 0 Å². The zero-order valence-corrected chi connectivity index (χ0v) is 8.23. The van der Waals surface area contributed by atoms with E-state index in [2.05, 4.69) is 18.8 Å². The molecule has 1 amide bonds. The molecule has 1 heterocycles. The molecule has 2 nitrogen and oxygen atoms in total. The van der Waals surface area contributed by atoms with Crippen molar-refractivity contribution in [2.45, 2.75) is 39.0 Å². The summed E-state index contributed by atoms with van der Waals surface area (Å²) in [4.78, 5) is 11.2. The molecule has 0 spiro atoms. The Hall–Kier alpha value is -1.05. The van der Waals surface area contributed by atoms with Crippen molar-refractivity contribution in [3.63, 3.8) is 0 Å². The number of hydrogen-bond donors (Lipinski definition) is 1. The zero-order valence-electron chi connectivity index (χ0n) is 8.23. The van der Waals surface area contributed by atoms with E-state index in [0.29, 0.717) is 0 Å². The lowest BCUT2D eigenvalue weighted by atomic mass is 10.1. The average Bonchev–Trinajstić information content (AvgIpc) is 2.39. The third-order valence-corrected chi connectivity index (χ3v) is 2.21. The second kappa shape index (κ2) is 4.85. The standard InChI is InChI=1S/C11H17NO/c1-3-4-5-6-7-10-8-9(2)12-11(10)13/h8H,2-7H2,1H3,(H,12,13). The van der Waals surface area contributed by atoms with E-state index in [4.69, 9.17) is 0 Å². The van der Waals surface area contributed by atoms with Crippen LogP contribution in [0, 0.1) is 0 Å². The number of hydrogen-bond acceptors (Lipinski definition) is 1. The number of nitrogens with one attached hydrogen (secondary N) is 1. The number of allylic oxidation sites excluding steroid dienone is 1. The largest absolute Gasteiger partial charge is 0.323 e. The Morgan fingerprint density at radius 2 is 2.15 bits per heavy atom. The van der Waals surface area contributed by atoms with Crippen LogP contribution in [0.1, 0.15) is 39.0 Å². The number of carbonyl (C=O) groups is 1. The van der Waals surface area contributed by atoms with Gasteiger partial charge in [-0.05, 0) is 18.9 Å². The number of amides is 1. The number of carbonyl (C=O) groups excluding carboxylic acids is 1. The first-order chi connectivity index (χ1) is 6.24. The molecule has 0 bridgehead atoms. The van der Waals surface area contributed by atoms with Crippen LogP contribution in [-0.2, 0) is 4.79 Å². The molecule has 0 radical (unpaired) electrons. The molecular formula is C11H17NO. The van der Waals surface area contributed by atoms with Gasteiger partial charge in [0.25, 0.3) is 5.91 Å². The summed E-state index contributed by atoms with van der Waals surface area (Å²) >= 11 is 0. The maximum Gasteiger partial charge on any atom is 0.251 e. The monoisotopic (exact) mass is 179 g/mol. The van der Waals surface area contributed by atoms with Gasteiger partial charge in [0, 0.05) is 11.3 Å². The van der Waals surface area contributed by atoms with E-state index < -0.39 is 0 Å². The Bertz CT molecular complexity index is 240. The van der Waals surface area contributed by atoms with E-state index in [1.165, 1.54) is 19.3 Å². The van der Waals surface area contributed by atoms with Crippen LogP contribution in [0.3, 0.4) is 0 Å². The summed E-state index contributed by atoms with van der Waals surface area (Å²) in [7, 11) is 0. The molecule has 0 unspecified atom stereocenters. The van der Waals surface area contributed by atoms with Gasteiger partial charge in [-0.3, -0.25) is 4.79 Å². The van der Waals surface area contributed by atoms with Gasteiger partial charge in [0.15, 0.2) is 0 Å². The zero-order chi connectivity index (χ0) is 9.68. The van der Waals surface area contributed by atoms with Crippen molar-refractivity contribution in [2.24, 2.45) is 0 Å². The van der Waals surface area contributed by atoms with Gasteiger partial charge in [-0.25, -0.2) is 0 Å². The van der Waals surface area contributed by atoms with E-state index in [-0.39, 0.29) is 5.91 Å². The number of unbranched alkanes of at least 4 members (excludes halogenated alkanes) is 3. The smallest absolute Gasteiger partial charge is 0.251 e. The lowest BCUT2D eigenvalue weighted by Gasteiger charge is -1.99. The molecule has 1 rings (SSSR count). The number of rotatable bonds is 5. The van der Waals surface area contributed by atoms with Crippen molar-refractivity contribution >= 4 is 5.91 Å². The second-order valence-corrected chi connectivity index (χ2v) is 3.46. The lowest BCUT2D eigenvalue weighted by molar-refractivity contribution is -0.116. The fourth-order valence-corrected chi connectivity index (χ4v) is 1.47. The van der Waals surface area contributed by atoms with E-state index >= 15 is 0 Å². The Kier molecular flexibility index (Phi) is 3.74. The molecule has 0 fully saturated rings. The quantitative estimate of drug-likeness (QED) is 0.645. The predicted molar refractivity (Wildman–Crippen MR) is 54.1 cm³/mol. The van der Waals surface area contributed by atoms with Crippen molar-refractivity contribution in [3.05, 3.63) is 23.9 Å².